The van der Waals surface area contributed by atoms with Crippen LogP contribution in [0.1, 0.15) is 23.7 Å². The molecule has 0 spiro atoms. The fourth-order valence-electron chi connectivity index (χ4n) is 2.61. The van der Waals surface area contributed by atoms with Crippen LogP contribution in [0, 0.1) is 6.92 Å². The van der Waals surface area contributed by atoms with Gasteiger partial charge in [-0.1, -0.05) is 19.1 Å². The second kappa shape index (κ2) is 7.83. The third-order valence-corrected chi connectivity index (χ3v) is 4.07. The SMILES string of the molecule is CCc1ccc(OCC(=O)NCCc2cn3ccc(C)cc3n2)cc1. The van der Waals surface area contributed by atoms with Crippen LogP contribution >= 0.6 is 0 Å². The van der Waals surface area contributed by atoms with Crippen molar-refractivity contribution < 1.29 is 9.53 Å². The van der Waals surface area contributed by atoms with Crippen molar-refractivity contribution in [1.29, 1.82) is 0 Å². The summed E-state index contributed by atoms with van der Waals surface area (Å²) in [6.07, 6.45) is 5.67. The van der Waals surface area contributed by atoms with Gasteiger partial charge in [0.05, 0.1) is 5.69 Å². The number of fused-ring (bicyclic) bond motifs is 1. The number of hydrogen-bond donors (Lipinski definition) is 1. The molecule has 1 N–H and O–H groups in total. The minimum absolute atomic E-state index is 0.0236. The van der Waals surface area contributed by atoms with E-state index in [1.807, 2.05) is 60.1 Å². The second-order valence-electron chi connectivity index (χ2n) is 6.09. The third kappa shape index (κ3) is 4.59. The largest absolute Gasteiger partial charge is 0.484 e. The Morgan fingerprint density at radius 2 is 2.04 bits per heavy atom. The Morgan fingerprint density at radius 3 is 2.80 bits per heavy atom. The smallest absolute Gasteiger partial charge is 0.257 e. The highest BCUT2D eigenvalue weighted by Crippen LogP contribution is 2.12. The highest BCUT2D eigenvalue weighted by Gasteiger charge is 2.05. The quantitative estimate of drug-likeness (QED) is 0.721. The number of hydrogen-bond acceptors (Lipinski definition) is 3. The predicted octanol–water partition coefficient (Wildman–Crippen LogP) is 2.94. The Hall–Kier alpha value is -2.82. The van der Waals surface area contributed by atoms with E-state index < -0.39 is 0 Å². The van der Waals surface area contributed by atoms with Crippen molar-refractivity contribution in [2.24, 2.45) is 0 Å². The van der Waals surface area contributed by atoms with Gasteiger partial charge in [-0.25, -0.2) is 4.98 Å². The standard InChI is InChI=1S/C20H23N3O2/c1-3-16-4-6-18(7-5-16)25-14-20(24)21-10-8-17-13-23-11-9-15(2)12-19(23)22-17/h4-7,9,11-13H,3,8,10,14H2,1-2H3,(H,21,24). The van der Waals surface area contributed by atoms with E-state index in [9.17, 15) is 4.79 Å². The maximum atomic E-state index is 11.9. The highest BCUT2D eigenvalue weighted by atomic mass is 16.5. The number of amides is 1. The molecule has 2 heterocycles. The van der Waals surface area contributed by atoms with Gasteiger partial charge in [0.25, 0.3) is 5.91 Å². The van der Waals surface area contributed by atoms with E-state index in [4.69, 9.17) is 4.74 Å². The first-order chi connectivity index (χ1) is 12.1. The van der Waals surface area contributed by atoms with Crippen LogP contribution in [0.5, 0.6) is 5.75 Å². The summed E-state index contributed by atoms with van der Waals surface area (Å²) < 4.78 is 7.49. The number of carbonyl (C=O) groups is 1. The lowest BCUT2D eigenvalue weighted by Crippen LogP contribution is -2.30. The topological polar surface area (TPSA) is 55.6 Å². The number of aromatic nitrogens is 2. The van der Waals surface area contributed by atoms with Gasteiger partial charge in [-0.3, -0.25) is 4.79 Å². The predicted molar refractivity (Wildman–Crippen MR) is 98.0 cm³/mol. The zero-order chi connectivity index (χ0) is 17.6. The number of aryl methyl sites for hydroxylation is 2. The molecule has 1 amide bonds. The molecule has 25 heavy (non-hydrogen) atoms. The van der Waals surface area contributed by atoms with Gasteiger partial charge in [-0.05, 0) is 48.7 Å². The molecule has 5 nitrogen and oxygen atoms in total. The summed E-state index contributed by atoms with van der Waals surface area (Å²) >= 11 is 0. The molecule has 0 atom stereocenters. The summed E-state index contributed by atoms with van der Waals surface area (Å²) in [7, 11) is 0. The van der Waals surface area contributed by atoms with Crippen molar-refractivity contribution in [2.75, 3.05) is 13.2 Å². The van der Waals surface area contributed by atoms with Crippen LogP contribution < -0.4 is 10.1 Å². The van der Waals surface area contributed by atoms with Crippen LogP contribution in [-0.2, 0) is 17.6 Å². The van der Waals surface area contributed by atoms with E-state index in [2.05, 4.69) is 17.2 Å². The Morgan fingerprint density at radius 1 is 1.24 bits per heavy atom. The summed E-state index contributed by atoms with van der Waals surface area (Å²) in [5.74, 6) is 0.585. The second-order valence-corrected chi connectivity index (χ2v) is 6.09. The maximum Gasteiger partial charge on any atom is 0.257 e. The third-order valence-electron chi connectivity index (χ3n) is 4.07. The van der Waals surface area contributed by atoms with Crippen molar-refractivity contribution in [3.63, 3.8) is 0 Å². The molecule has 5 heteroatoms. The molecular formula is C20H23N3O2. The van der Waals surface area contributed by atoms with Crippen LogP contribution in [0.3, 0.4) is 0 Å². The minimum atomic E-state index is -0.126. The molecular weight excluding hydrogens is 314 g/mol. The number of benzene rings is 1. The maximum absolute atomic E-state index is 11.9. The molecule has 0 aliphatic heterocycles. The van der Waals surface area contributed by atoms with Crippen LogP contribution in [0.2, 0.25) is 0 Å². The van der Waals surface area contributed by atoms with Crippen molar-refractivity contribution in [3.8, 4) is 5.75 Å². The molecule has 0 fully saturated rings. The summed E-state index contributed by atoms with van der Waals surface area (Å²) in [5.41, 5.74) is 4.32. The molecule has 0 radical (unpaired) electrons. The van der Waals surface area contributed by atoms with Crippen molar-refractivity contribution in [2.45, 2.75) is 26.7 Å². The molecule has 0 bridgehead atoms. The van der Waals surface area contributed by atoms with Crippen LogP contribution in [0.25, 0.3) is 5.65 Å². The highest BCUT2D eigenvalue weighted by molar-refractivity contribution is 5.77. The Kier molecular flexibility index (Phi) is 5.33. The van der Waals surface area contributed by atoms with E-state index in [1.54, 1.807) is 0 Å². The molecule has 1 aromatic carbocycles. The first-order valence-electron chi connectivity index (χ1n) is 8.56. The number of nitrogens with one attached hydrogen (secondary N) is 1. The van der Waals surface area contributed by atoms with Crippen LogP contribution in [0.4, 0.5) is 0 Å². The van der Waals surface area contributed by atoms with Crippen molar-refractivity contribution in [1.82, 2.24) is 14.7 Å². The van der Waals surface area contributed by atoms with Gasteiger partial charge >= 0.3 is 0 Å². The Labute approximate surface area is 147 Å². The lowest BCUT2D eigenvalue weighted by Gasteiger charge is -2.07. The number of rotatable bonds is 7. The van der Waals surface area contributed by atoms with Crippen LogP contribution in [-0.4, -0.2) is 28.4 Å². The average molecular weight is 337 g/mol. The molecule has 0 saturated carbocycles. The molecule has 2 aromatic heterocycles. The monoisotopic (exact) mass is 337 g/mol. The van der Waals surface area contributed by atoms with E-state index >= 15 is 0 Å². The minimum Gasteiger partial charge on any atom is -0.484 e. The van der Waals surface area contributed by atoms with E-state index in [0.717, 1.165) is 17.8 Å². The molecule has 0 aliphatic carbocycles. The van der Waals surface area contributed by atoms with Gasteiger partial charge in [0.1, 0.15) is 11.4 Å². The van der Waals surface area contributed by atoms with Gasteiger partial charge in [0.15, 0.2) is 6.61 Å². The van der Waals surface area contributed by atoms with Crippen LogP contribution in [0.15, 0.2) is 48.8 Å². The molecule has 0 saturated heterocycles. The van der Waals surface area contributed by atoms with E-state index in [-0.39, 0.29) is 12.5 Å². The number of ether oxygens (including phenoxy) is 1. The number of pyridine rings is 1. The lowest BCUT2D eigenvalue weighted by molar-refractivity contribution is -0.123. The van der Waals surface area contributed by atoms with Gasteiger partial charge in [-0.15, -0.1) is 0 Å². The summed E-state index contributed by atoms with van der Waals surface area (Å²) in [5, 5.41) is 2.87. The average Bonchev–Trinajstić information content (AvgIpc) is 3.02. The molecule has 130 valence electrons. The lowest BCUT2D eigenvalue weighted by atomic mass is 10.2. The molecule has 3 rings (SSSR count). The van der Waals surface area contributed by atoms with E-state index in [1.165, 1.54) is 11.1 Å². The number of imidazole rings is 1. The fraction of sp³-hybridized carbons (Fsp3) is 0.300. The normalized spacial score (nSPS) is 10.8. The summed E-state index contributed by atoms with van der Waals surface area (Å²) in [4.78, 5) is 16.4. The number of nitrogens with zero attached hydrogens (tertiary/aromatic N) is 2. The Balaban J connectivity index is 1.43. The molecule has 0 unspecified atom stereocenters. The first-order valence-corrected chi connectivity index (χ1v) is 8.56. The summed E-state index contributed by atoms with van der Waals surface area (Å²) in [6, 6.07) is 11.9. The Bertz CT molecular complexity index is 853. The van der Waals surface area contributed by atoms with Gasteiger partial charge in [-0.2, -0.15) is 0 Å². The van der Waals surface area contributed by atoms with E-state index in [0.29, 0.717) is 18.7 Å². The van der Waals surface area contributed by atoms with Gasteiger partial charge in [0, 0.05) is 25.4 Å². The number of carbonyl (C=O) groups excluding carboxylic acids is 1. The molecule has 3 aromatic rings. The fourth-order valence-corrected chi connectivity index (χ4v) is 2.61. The first kappa shape index (κ1) is 17.0. The zero-order valence-corrected chi connectivity index (χ0v) is 14.7. The van der Waals surface area contributed by atoms with Gasteiger partial charge < -0.3 is 14.5 Å². The van der Waals surface area contributed by atoms with Crippen molar-refractivity contribution in [3.05, 3.63) is 65.6 Å². The van der Waals surface area contributed by atoms with Crippen molar-refractivity contribution >= 4 is 11.6 Å². The van der Waals surface area contributed by atoms with Gasteiger partial charge in [0.2, 0.25) is 0 Å². The zero-order valence-electron chi connectivity index (χ0n) is 14.7. The molecule has 0 aliphatic rings. The summed E-state index contributed by atoms with van der Waals surface area (Å²) in [6.45, 7) is 4.72.